The zero-order valence-electron chi connectivity index (χ0n) is 17.8. The van der Waals surface area contributed by atoms with Crippen molar-refractivity contribution in [3.05, 3.63) is 82.1 Å². The molecule has 1 aliphatic rings. The van der Waals surface area contributed by atoms with Crippen molar-refractivity contribution < 1.29 is 18.6 Å². The van der Waals surface area contributed by atoms with Crippen molar-refractivity contribution in [1.82, 2.24) is 0 Å². The fourth-order valence-electron chi connectivity index (χ4n) is 3.43. The summed E-state index contributed by atoms with van der Waals surface area (Å²) in [6.07, 6.45) is 1.78. The Kier molecular flexibility index (Phi) is 7.39. The largest absolute Gasteiger partial charge is 0.493 e. The smallest absolute Gasteiger partial charge is 0.162 e. The van der Waals surface area contributed by atoms with Crippen molar-refractivity contribution in [1.29, 1.82) is 0 Å². The van der Waals surface area contributed by atoms with Crippen LogP contribution in [0.1, 0.15) is 11.1 Å². The molecule has 0 saturated carbocycles. The first-order valence-corrected chi connectivity index (χ1v) is 11.1. The van der Waals surface area contributed by atoms with Crippen molar-refractivity contribution in [3.8, 4) is 11.5 Å². The summed E-state index contributed by atoms with van der Waals surface area (Å²) in [5, 5.41) is 0. The predicted octanol–water partition coefficient (Wildman–Crippen LogP) is 5.76. The highest BCUT2D eigenvalue weighted by molar-refractivity contribution is 9.10. The Labute approximate surface area is 195 Å². The van der Waals surface area contributed by atoms with Crippen LogP contribution in [0.15, 0.2) is 70.1 Å². The SMILES string of the molecule is COc1cc(C=Nc2ccc(N3CCOCC3)cc2)c(Br)cc1OCc1cccc(F)c1. The van der Waals surface area contributed by atoms with Crippen LogP contribution in [-0.2, 0) is 11.3 Å². The Hall–Kier alpha value is -2.90. The second kappa shape index (κ2) is 10.6. The summed E-state index contributed by atoms with van der Waals surface area (Å²) in [4.78, 5) is 6.90. The van der Waals surface area contributed by atoms with Gasteiger partial charge >= 0.3 is 0 Å². The number of hydrogen-bond donors (Lipinski definition) is 0. The Balaban J connectivity index is 1.45. The molecule has 0 unspecified atom stereocenters. The number of aliphatic imine (C=N–C) groups is 1. The van der Waals surface area contributed by atoms with Crippen LogP contribution in [0.3, 0.4) is 0 Å². The third-order valence-corrected chi connectivity index (χ3v) is 5.83. The van der Waals surface area contributed by atoms with Crippen LogP contribution in [0.2, 0.25) is 0 Å². The molecule has 1 saturated heterocycles. The zero-order valence-corrected chi connectivity index (χ0v) is 19.3. The fraction of sp³-hybridized carbons (Fsp3) is 0.240. The van der Waals surface area contributed by atoms with E-state index in [0.717, 1.165) is 47.6 Å². The molecule has 0 aromatic heterocycles. The van der Waals surface area contributed by atoms with Gasteiger partial charge in [0.2, 0.25) is 0 Å². The van der Waals surface area contributed by atoms with E-state index >= 15 is 0 Å². The molecule has 32 heavy (non-hydrogen) atoms. The van der Waals surface area contributed by atoms with Crippen LogP contribution >= 0.6 is 15.9 Å². The molecule has 3 aromatic carbocycles. The van der Waals surface area contributed by atoms with Gasteiger partial charge in [0.1, 0.15) is 12.4 Å². The average Bonchev–Trinajstić information content (AvgIpc) is 2.83. The molecule has 0 aliphatic carbocycles. The molecule has 0 radical (unpaired) electrons. The number of anilines is 1. The van der Waals surface area contributed by atoms with E-state index in [2.05, 4.69) is 38.0 Å². The quantitative estimate of drug-likeness (QED) is 0.388. The van der Waals surface area contributed by atoms with Crippen molar-refractivity contribution >= 4 is 33.5 Å². The highest BCUT2D eigenvalue weighted by atomic mass is 79.9. The summed E-state index contributed by atoms with van der Waals surface area (Å²) in [6.45, 7) is 3.57. The molecule has 3 aromatic rings. The van der Waals surface area contributed by atoms with Gasteiger partial charge in [-0.2, -0.15) is 0 Å². The number of nitrogens with zero attached hydrogens (tertiary/aromatic N) is 2. The average molecular weight is 499 g/mol. The molecular formula is C25H24BrFN2O3. The van der Waals surface area contributed by atoms with Gasteiger partial charge in [-0.15, -0.1) is 0 Å². The van der Waals surface area contributed by atoms with Gasteiger partial charge < -0.3 is 19.1 Å². The van der Waals surface area contributed by atoms with E-state index in [4.69, 9.17) is 14.2 Å². The van der Waals surface area contributed by atoms with Crippen LogP contribution < -0.4 is 14.4 Å². The second-order valence-corrected chi connectivity index (χ2v) is 8.17. The van der Waals surface area contributed by atoms with E-state index in [-0.39, 0.29) is 12.4 Å². The fourth-order valence-corrected chi connectivity index (χ4v) is 3.85. The summed E-state index contributed by atoms with van der Waals surface area (Å²) in [5.74, 6) is 0.855. The van der Waals surface area contributed by atoms with E-state index in [1.54, 1.807) is 19.4 Å². The molecule has 166 valence electrons. The molecule has 1 heterocycles. The van der Waals surface area contributed by atoms with Crippen molar-refractivity contribution in [2.45, 2.75) is 6.61 Å². The van der Waals surface area contributed by atoms with Crippen molar-refractivity contribution in [3.63, 3.8) is 0 Å². The van der Waals surface area contributed by atoms with E-state index in [1.165, 1.54) is 17.8 Å². The number of ether oxygens (including phenoxy) is 3. The van der Waals surface area contributed by atoms with Gasteiger partial charge in [0, 0.05) is 35.0 Å². The first kappa shape index (κ1) is 22.3. The van der Waals surface area contributed by atoms with Crippen LogP contribution in [0.5, 0.6) is 11.5 Å². The van der Waals surface area contributed by atoms with Gasteiger partial charge in [-0.25, -0.2) is 4.39 Å². The van der Waals surface area contributed by atoms with Crippen molar-refractivity contribution in [2.75, 3.05) is 38.3 Å². The van der Waals surface area contributed by atoms with Gasteiger partial charge in [-0.3, -0.25) is 4.99 Å². The minimum atomic E-state index is -0.288. The third-order valence-electron chi connectivity index (χ3n) is 5.14. The van der Waals surface area contributed by atoms with Crippen LogP contribution in [0, 0.1) is 5.82 Å². The Morgan fingerprint density at radius 3 is 2.56 bits per heavy atom. The zero-order chi connectivity index (χ0) is 22.3. The van der Waals surface area contributed by atoms with Gasteiger partial charge in [-0.05, 0) is 70.0 Å². The first-order chi connectivity index (χ1) is 15.6. The molecule has 1 fully saturated rings. The summed E-state index contributed by atoms with van der Waals surface area (Å²) >= 11 is 3.58. The lowest BCUT2D eigenvalue weighted by Crippen LogP contribution is -2.36. The van der Waals surface area contributed by atoms with Gasteiger partial charge in [0.05, 0.1) is 26.0 Å². The van der Waals surface area contributed by atoms with Crippen LogP contribution in [0.25, 0.3) is 0 Å². The van der Waals surface area contributed by atoms with Crippen LogP contribution in [-0.4, -0.2) is 39.6 Å². The normalized spacial score (nSPS) is 14.0. The number of morpholine rings is 1. The number of halogens is 2. The van der Waals surface area contributed by atoms with Crippen molar-refractivity contribution in [2.24, 2.45) is 4.99 Å². The summed E-state index contributed by atoms with van der Waals surface area (Å²) in [6, 6.07) is 18.2. The summed E-state index contributed by atoms with van der Waals surface area (Å²) in [5.41, 5.74) is 3.64. The Morgan fingerprint density at radius 2 is 1.84 bits per heavy atom. The van der Waals surface area contributed by atoms with E-state index < -0.39 is 0 Å². The standard InChI is InChI=1S/C25H24BrFN2O3/c1-30-24-14-19(23(26)15-25(24)32-17-18-3-2-4-20(27)13-18)16-28-21-5-7-22(8-6-21)29-9-11-31-12-10-29/h2-8,13-16H,9-12,17H2,1H3. The molecule has 4 rings (SSSR count). The van der Waals surface area contributed by atoms with Gasteiger partial charge in [-0.1, -0.05) is 12.1 Å². The van der Waals surface area contributed by atoms with E-state index in [1.807, 2.05) is 30.3 Å². The number of rotatable bonds is 7. The minimum Gasteiger partial charge on any atom is -0.493 e. The lowest BCUT2D eigenvalue weighted by molar-refractivity contribution is 0.122. The molecule has 0 amide bonds. The number of hydrogen-bond acceptors (Lipinski definition) is 5. The first-order valence-electron chi connectivity index (χ1n) is 10.3. The molecular weight excluding hydrogens is 475 g/mol. The molecule has 7 heteroatoms. The maximum Gasteiger partial charge on any atom is 0.162 e. The minimum absolute atomic E-state index is 0.240. The second-order valence-electron chi connectivity index (χ2n) is 7.32. The Morgan fingerprint density at radius 1 is 1.06 bits per heavy atom. The highest BCUT2D eigenvalue weighted by Crippen LogP contribution is 2.34. The number of benzene rings is 3. The molecule has 5 nitrogen and oxygen atoms in total. The maximum atomic E-state index is 13.4. The van der Waals surface area contributed by atoms with E-state index in [9.17, 15) is 4.39 Å². The van der Waals surface area contributed by atoms with Gasteiger partial charge in [0.15, 0.2) is 11.5 Å². The third kappa shape index (κ3) is 5.66. The number of methoxy groups -OCH3 is 1. The van der Waals surface area contributed by atoms with E-state index in [0.29, 0.717) is 11.5 Å². The lowest BCUT2D eigenvalue weighted by Gasteiger charge is -2.28. The highest BCUT2D eigenvalue weighted by Gasteiger charge is 2.12. The van der Waals surface area contributed by atoms with Gasteiger partial charge in [0.25, 0.3) is 0 Å². The monoisotopic (exact) mass is 498 g/mol. The predicted molar refractivity (Wildman–Crippen MR) is 128 cm³/mol. The Bertz CT molecular complexity index is 1080. The molecule has 0 N–H and O–H groups in total. The lowest BCUT2D eigenvalue weighted by atomic mass is 10.2. The van der Waals surface area contributed by atoms with Crippen LogP contribution in [0.4, 0.5) is 15.8 Å². The summed E-state index contributed by atoms with van der Waals surface area (Å²) in [7, 11) is 1.59. The molecule has 0 spiro atoms. The molecule has 1 aliphatic heterocycles. The molecule has 0 bridgehead atoms. The topological polar surface area (TPSA) is 43.3 Å². The molecule has 0 atom stereocenters. The maximum absolute atomic E-state index is 13.4. The summed E-state index contributed by atoms with van der Waals surface area (Å²) < 4.78 is 31.0.